The van der Waals surface area contributed by atoms with Gasteiger partial charge in [-0.05, 0) is 24.3 Å². The molecule has 26 heavy (non-hydrogen) atoms. The van der Waals surface area contributed by atoms with Crippen molar-refractivity contribution in [2.75, 3.05) is 26.3 Å². The molecule has 4 rings (SSSR count). The normalized spacial score (nSPS) is 15.2. The molecule has 3 aromatic rings. The third-order valence-corrected chi connectivity index (χ3v) is 4.98. The van der Waals surface area contributed by atoms with Crippen LogP contribution in [-0.2, 0) is 11.3 Å². The highest BCUT2D eigenvalue weighted by Crippen LogP contribution is 2.31. The fourth-order valence-electron chi connectivity index (χ4n) is 2.90. The molecule has 1 aromatic carbocycles. The zero-order valence-electron chi connectivity index (χ0n) is 13.3. The minimum absolute atomic E-state index is 0. The summed E-state index contributed by atoms with van der Waals surface area (Å²) in [4.78, 5) is 6.77. The Morgan fingerprint density at radius 2 is 1.85 bits per heavy atom. The molecule has 0 saturated carbocycles. The standard InChI is InChI=1S/C17H15Cl3N4O.CH4/c18-11-1-2-13(14(19)7-11)15-10-24-16(17(20)21-15)8-12(22-24)9-23-3-5-25-6-4-23;/h1-2,7-8,10H,3-6,9H2;1H4. The van der Waals surface area contributed by atoms with Crippen LogP contribution in [0.25, 0.3) is 16.8 Å². The number of hydrogen-bond acceptors (Lipinski definition) is 4. The fourth-order valence-corrected chi connectivity index (χ4v) is 3.64. The summed E-state index contributed by atoms with van der Waals surface area (Å²) in [5.74, 6) is 0. The zero-order valence-corrected chi connectivity index (χ0v) is 15.5. The van der Waals surface area contributed by atoms with Crippen molar-refractivity contribution in [2.24, 2.45) is 0 Å². The lowest BCUT2D eigenvalue weighted by molar-refractivity contribution is 0.0336. The van der Waals surface area contributed by atoms with Crippen molar-refractivity contribution in [1.29, 1.82) is 0 Å². The average molecular weight is 414 g/mol. The van der Waals surface area contributed by atoms with Gasteiger partial charge in [-0.3, -0.25) is 4.90 Å². The number of rotatable bonds is 3. The van der Waals surface area contributed by atoms with E-state index in [9.17, 15) is 0 Å². The van der Waals surface area contributed by atoms with Crippen molar-refractivity contribution in [3.05, 3.63) is 51.4 Å². The van der Waals surface area contributed by atoms with Crippen LogP contribution in [0.15, 0.2) is 30.5 Å². The van der Waals surface area contributed by atoms with Gasteiger partial charge in [0.1, 0.15) is 5.52 Å². The van der Waals surface area contributed by atoms with E-state index in [2.05, 4.69) is 15.0 Å². The Kier molecular flexibility index (Phi) is 6.05. The van der Waals surface area contributed by atoms with Gasteiger partial charge in [0.05, 0.1) is 35.8 Å². The first-order valence-corrected chi connectivity index (χ1v) is 9.04. The molecule has 1 saturated heterocycles. The van der Waals surface area contributed by atoms with Gasteiger partial charge in [0.25, 0.3) is 0 Å². The largest absolute Gasteiger partial charge is 0.379 e. The summed E-state index contributed by atoms with van der Waals surface area (Å²) in [6.45, 7) is 4.10. The third kappa shape index (κ3) is 3.97. The first kappa shape index (κ1) is 19.4. The lowest BCUT2D eigenvalue weighted by Crippen LogP contribution is -2.35. The minimum Gasteiger partial charge on any atom is -0.379 e. The molecule has 0 amide bonds. The molecule has 1 aliphatic heterocycles. The molecule has 1 aliphatic rings. The van der Waals surface area contributed by atoms with Gasteiger partial charge in [-0.15, -0.1) is 0 Å². The number of fused-ring (bicyclic) bond motifs is 1. The monoisotopic (exact) mass is 412 g/mol. The van der Waals surface area contributed by atoms with Gasteiger partial charge in [0, 0.05) is 30.2 Å². The Morgan fingerprint density at radius 3 is 2.58 bits per heavy atom. The fraction of sp³-hybridized carbons (Fsp3) is 0.333. The van der Waals surface area contributed by atoms with Crippen molar-refractivity contribution in [3.8, 4) is 11.3 Å². The van der Waals surface area contributed by atoms with Crippen LogP contribution in [0, 0.1) is 0 Å². The molecule has 138 valence electrons. The van der Waals surface area contributed by atoms with Crippen LogP contribution in [0.4, 0.5) is 0 Å². The van der Waals surface area contributed by atoms with E-state index in [1.807, 2.05) is 18.3 Å². The van der Waals surface area contributed by atoms with Gasteiger partial charge in [0.15, 0.2) is 5.15 Å². The highest BCUT2D eigenvalue weighted by molar-refractivity contribution is 6.36. The molecule has 0 bridgehead atoms. The van der Waals surface area contributed by atoms with Gasteiger partial charge in [0.2, 0.25) is 0 Å². The van der Waals surface area contributed by atoms with E-state index in [4.69, 9.17) is 39.5 Å². The van der Waals surface area contributed by atoms with E-state index in [1.54, 1.807) is 16.6 Å². The molecule has 2 aromatic heterocycles. The molecular formula is C18H19Cl3N4O. The number of ether oxygens (including phenoxy) is 1. The first-order chi connectivity index (χ1) is 12.1. The van der Waals surface area contributed by atoms with Crippen LogP contribution < -0.4 is 0 Å². The predicted octanol–water partition coefficient (Wildman–Crippen LogP) is 4.82. The SMILES string of the molecule is C.Clc1ccc(-c2cn3nc(CN4CCOCC4)cc3c(Cl)n2)c(Cl)c1. The number of hydrogen-bond donors (Lipinski definition) is 0. The van der Waals surface area contributed by atoms with Crippen molar-refractivity contribution in [3.63, 3.8) is 0 Å². The molecule has 0 radical (unpaired) electrons. The summed E-state index contributed by atoms with van der Waals surface area (Å²) in [6, 6.07) is 7.26. The Labute approximate surface area is 167 Å². The molecule has 0 aliphatic carbocycles. The number of halogens is 3. The quantitative estimate of drug-likeness (QED) is 0.617. The third-order valence-electron chi connectivity index (χ3n) is 4.16. The Morgan fingerprint density at radius 1 is 1.08 bits per heavy atom. The highest BCUT2D eigenvalue weighted by atomic mass is 35.5. The average Bonchev–Trinajstić information content (AvgIpc) is 2.99. The molecule has 0 unspecified atom stereocenters. The van der Waals surface area contributed by atoms with E-state index < -0.39 is 0 Å². The second-order valence-corrected chi connectivity index (χ2v) is 7.10. The summed E-state index contributed by atoms with van der Waals surface area (Å²) in [5, 5.41) is 6.14. The van der Waals surface area contributed by atoms with Crippen LogP contribution >= 0.6 is 34.8 Å². The van der Waals surface area contributed by atoms with Gasteiger partial charge < -0.3 is 4.74 Å². The van der Waals surface area contributed by atoms with Crippen LogP contribution in [0.2, 0.25) is 15.2 Å². The van der Waals surface area contributed by atoms with Gasteiger partial charge >= 0.3 is 0 Å². The molecule has 8 heteroatoms. The maximum atomic E-state index is 6.38. The Hall–Kier alpha value is -1.37. The maximum absolute atomic E-state index is 6.38. The number of morpholine rings is 1. The van der Waals surface area contributed by atoms with Crippen molar-refractivity contribution in [2.45, 2.75) is 14.0 Å². The van der Waals surface area contributed by atoms with Crippen molar-refractivity contribution in [1.82, 2.24) is 19.5 Å². The van der Waals surface area contributed by atoms with E-state index in [0.29, 0.717) is 20.9 Å². The summed E-state index contributed by atoms with van der Waals surface area (Å²) in [5.41, 5.74) is 3.14. The first-order valence-electron chi connectivity index (χ1n) is 7.90. The molecule has 5 nitrogen and oxygen atoms in total. The van der Waals surface area contributed by atoms with Gasteiger partial charge in [-0.25, -0.2) is 9.50 Å². The Balaban J connectivity index is 0.00000196. The smallest absolute Gasteiger partial charge is 0.155 e. The molecular weight excluding hydrogens is 395 g/mol. The second kappa shape index (κ2) is 8.11. The van der Waals surface area contributed by atoms with E-state index in [-0.39, 0.29) is 7.43 Å². The number of benzene rings is 1. The van der Waals surface area contributed by atoms with Crippen LogP contribution in [0.1, 0.15) is 13.1 Å². The molecule has 3 heterocycles. The molecule has 0 atom stereocenters. The second-order valence-electron chi connectivity index (χ2n) is 5.90. The van der Waals surface area contributed by atoms with E-state index >= 15 is 0 Å². The highest BCUT2D eigenvalue weighted by Gasteiger charge is 2.15. The lowest BCUT2D eigenvalue weighted by atomic mass is 10.1. The predicted molar refractivity (Wildman–Crippen MR) is 106 cm³/mol. The van der Waals surface area contributed by atoms with Crippen molar-refractivity contribution < 1.29 is 4.74 Å². The van der Waals surface area contributed by atoms with Crippen LogP contribution in [0.3, 0.4) is 0 Å². The van der Waals surface area contributed by atoms with Gasteiger partial charge in [-0.1, -0.05) is 42.2 Å². The lowest BCUT2D eigenvalue weighted by Gasteiger charge is -2.25. The summed E-state index contributed by atoms with van der Waals surface area (Å²) < 4.78 is 7.13. The van der Waals surface area contributed by atoms with E-state index in [0.717, 1.165) is 49.6 Å². The summed E-state index contributed by atoms with van der Waals surface area (Å²) >= 11 is 18.6. The molecule has 0 N–H and O–H groups in total. The van der Waals surface area contributed by atoms with E-state index in [1.165, 1.54) is 0 Å². The summed E-state index contributed by atoms with van der Waals surface area (Å²) in [6.07, 6.45) is 1.83. The number of nitrogens with zero attached hydrogens (tertiary/aromatic N) is 4. The number of aromatic nitrogens is 3. The van der Waals surface area contributed by atoms with Crippen molar-refractivity contribution >= 4 is 40.3 Å². The van der Waals surface area contributed by atoms with Crippen LogP contribution in [0.5, 0.6) is 0 Å². The minimum atomic E-state index is 0. The molecule has 1 fully saturated rings. The topological polar surface area (TPSA) is 42.7 Å². The van der Waals surface area contributed by atoms with Crippen LogP contribution in [-0.4, -0.2) is 45.8 Å². The van der Waals surface area contributed by atoms with Gasteiger partial charge in [-0.2, -0.15) is 5.10 Å². The molecule has 0 spiro atoms. The Bertz CT molecular complexity index is 922. The maximum Gasteiger partial charge on any atom is 0.155 e. The summed E-state index contributed by atoms with van der Waals surface area (Å²) in [7, 11) is 0. The zero-order chi connectivity index (χ0) is 17.4.